The average molecular weight is 264 g/mol. The smallest absolute Gasteiger partial charge is 0.0203 e. The zero-order chi connectivity index (χ0) is 14.4. The van der Waals surface area contributed by atoms with Crippen molar-refractivity contribution in [3.63, 3.8) is 0 Å². The topological polar surface area (TPSA) is 0 Å². The molecule has 0 spiro atoms. The molecule has 19 heavy (non-hydrogen) atoms. The van der Waals surface area contributed by atoms with Crippen molar-refractivity contribution in [2.45, 2.75) is 91.9 Å². The van der Waals surface area contributed by atoms with Gasteiger partial charge in [-0.2, -0.15) is 0 Å². The van der Waals surface area contributed by atoms with E-state index in [-0.39, 0.29) is 0 Å². The molecule has 0 saturated heterocycles. The molecular formula is C19H36. The largest absolute Gasteiger partial charge is 0.0885 e. The molecule has 0 aromatic heterocycles. The van der Waals surface area contributed by atoms with Crippen molar-refractivity contribution in [3.8, 4) is 0 Å². The van der Waals surface area contributed by atoms with Gasteiger partial charge in [0.1, 0.15) is 0 Å². The van der Waals surface area contributed by atoms with Crippen LogP contribution in [0.2, 0.25) is 0 Å². The Morgan fingerprint density at radius 1 is 0.632 bits per heavy atom. The van der Waals surface area contributed by atoms with Gasteiger partial charge >= 0.3 is 0 Å². The third kappa shape index (κ3) is 17.5. The van der Waals surface area contributed by atoms with Crippen molar-refractivity contribution in [2.75, 3.05) is 0 Å². The zero-order valence-corrected chi connectivity index (χ0v) is 13.9. The molecule has 0 N–H and O–H groups in total. The molecule has 0 nitrogen and oxygen atoms in total. The standard InChI is InChI=1S/C19H36/c1-5-6-7-8-9-10-11-12-13-14-15-16-17-18-19(2,3)4/h13-14,17-18H,5-12,15-16H2,1-4H3/b14-13+,18-17+. The van der Waals surface area contributed by atoms with E-state index in [1.807, 2.05) is 0 Å². The summed E-state index contributed by atoms with van der Waals surface area (Å²) in [6.45, 7) is 9.03. The van der Waals surface area contributed by atoms with Gasteiger partial charge in [-0.05, 0) is 31.1 Å². The van der Waals surface area contributed by atoms with Gasteiger partial charge in [0.2, 0.25) is 0 Å². The molecule has 0 aromatic carbocycles. The molecule has 0 unspecified atom stereocenters. The summed E-state index contributed by atoms with van der Waals surface area (Å²) in [6, 6.07) is 0. The summed E-state index contributed by atoms with van der Waals surface area (Å²) in [5, 5.41) is 0. The molecule has 0 aliphatic carbocycles. The minimum absolute atomic E-state index is 0.335. The third-order valence-electron chi connectivity index (χ3n) is 3.26. The molecule has 0 heteroatoms. The lowest BCUT2D eigenvalue weighted by molar-refractivity contribution is 0.542. The van der Waals surface area contributed by atoms with Crippen LogP contribution in [0.4, 0.5) is 0 Å². The van der Waals surface area contributed by atoms with Crippen LogP contribution in [-0.2, 0) is 0 Å². The Labute approximate surface area is 122 Å². The second-order valence-corrected chi connectivity index (χ2v) is 6.73. The molecule has 0 radical (unpaired) electrons. The summed E-state index contributed by atoms with van der Waals surface area (Å²) in [5.41, 5.74) is 0.335. The summed E-state index contributed by atoms with van der Waals surface area (Å²) in [5.74, 6) is 0. The highest BCUT2D eigenvalue weighted by Gasteiger charge is 2.01. The number of hydrogen-bond acceptors (Lipinski definition) is 0. The normalized spacial score (nSPS) is 12.8. The molecule has 0 aromatic rings. The van der Waals surface area contributed by atoms with Crippen molar-refractivity contribution >= 4 is 0 Å². The molecule has 0 rings (SSSR count). The van der Waals surface area contributed by atoms with Crippen LogP contribution in [0, 0.1) is 5.41 Å². The number of unbranched alkanes of at least 4 members (excludes halogenated alkanes) is 8. The highest BCUT2D eigenvalue weighted by molar-refractivity contribution is 4.94. The molecule has 0 atom stereocenters. The van der Waals surface area contributed by atoms with Crippen molar-refractivity contribution in [1.82, 2.24) is 0 Å². The van der Waals surface area contributed by atoms with E-state index in [4.69, 9.17) is 0 Å². The van der Waals surface area contributed by atoms with E-state index in [9.17, 15) is 0 Å². The Hall–Kier alpha value is -0.520. The Kier molecular flexibility index (Phi) is 12.2. The second-order valence-electron chi connectivity index (χ2n) is 6.73. The van der Waals surface area contributed by atoms with Crippen molar-refractivity contribution < 1.29 is 0 Å². The molecule has 112 valence electrons. The van der Waals surface area contributed by atoms with E-state index in [1.54, 1.807) is 0 Å². The SMILES string of the molecule is CCCCCCCCC/C=C/CC/C=C/C(C)(C)C. The summed E-state index contributed by atoms with van der Waals surface area (Å²) in [7, 11) is 0. The predicted octanol–water partition coefficient (Wildman–Crippen LogP) is 7.07. The lowest BCUT2D eigenvalue weighted by Crippen LogP contribution is -1.97. The summed E-state index contributed by atoms with van der Waals surface area (Å²) in [4.78, 5) is 0. The Morgan fingerprint density at radius 3 is 1.79 bits per heavy atom. The fourth-order valence-corrected chi connectivity index (χ4v) is 2.08. The van der Waals surface area contributed by atoms with Gasteiger partial charge in [-0.15, -0.1) is 0 Å². The first-order chi connectivity index (χ1) is 9.06. The van der Waals surface area contributed by atoms with Crippen molar-refractivity contribution in [3.05, 3.63) is 24.3 Å². The van der Waals surface area contributed by atoms with Crippen LogP contribution in [0.15, 0.2) is 24.3 Å². The van der Waals surface area contributed by atoms with Gasteiger partial charge in [-0.3, -0.25) is 0 Å². The van der Waals surface area contributed by atoms with Crippen molar-refractivity contribution in [1.29, 1.82) is 0 Å². The minimum Gasteiger partial charge on any atom is -0.0885 e. The van der Waals surface area contributed by atoms with Crippen LogP contribution >= 0.6 is 0 Å². The van der Waals surface area contributed by atoms with E-state index in [2.05, 4.69) is 52.0 Å². The minimum atomic E-state index is 0.335. The molecule has 0 amide bonds. The van der Waals surface area contributed by atoms with Gasteiger partial charge in [-0.25, -0.2) is 0 Å². The van der Waals surface area contributed by atoms with Gasteiger partial charge < -0.3 is 0 Å². The predicted molar refractivity (Wildman–Crippen MR) is 89.6 cm³/mol. The second kappa shape index (κ2) is 12.5. The highest BCUT2D eigenvalue weighted by atomic mass is 14.1. The summed E-state index contributed by atoms with van der Waals surface area (Å²) < 4.78 is 0. The van der Waals surface area contributed by atoms with Gasteiger partial charge in [0.15, 0.2) is 0 Å². The zero-order valence-electron chi connectivity index (χ0n) is 13.9. The van der Waals surface area contributed by atoms with Gasteiger partial charge in [0.05, 0.1) is 0 Å². The number of hydrogen-bond donors (Lipinski definition) is 0. The van der Waals surface area contributed by atoms with Crippen molar-refractivity contribution in [2.24, 2.45) is 5.41 Å². The molecular weight excluding hydrogens is 228 g/mol. The molecule has 0 bridgehead atoms. The van der Waals surface area contributed by atoms with Crippen LogP contribution in [0.3, 0.4) is 0 Å². The maximum Gasteiger partial charge on any atom is -0.0203 e. The number of allylic oxidation sites excluding steroid dienone is 4. The monoisotopic (exact) mass is 264 g/mol. The summed E-state index contributed by atoms with van der Waals surface area (Å²) >= 11 is 0. The van der Waals surface area contributed by atoms with Crippen LogP contribution < -0.4 is 0 Å². The molecule has 0 saturated carbocycles. The fraction of sp³-hybridized carbons (Fsp3) is 0.789. The average Bonchev–Trinajstić information content (AvgIpc) is 2.34. The van der Waals surface area contributed by atoms with Gasteiger partial charge in [-0.1, -0.05) is 90.5 Å². The highest BCUT2D eigenvalue weighted by Crippen LogP contribution is 2.15. The van der Waals surface area contributed by atoms with E-state index < -0.39 is 0 Å². The maximum atomic E-state index is 2.37. The van der Waals surface area contributed by atoms with E-state index in [0.717, 1.165) is 0 Å². The van der Waals surface area contributed by atoms with Gasteiger partial charge in [0.25, 0.3) is 0 Å². The first-order valence-electron chi connectivity index (χ1n) is 8.39. The first-order valence-corrected chi connectivity index (χ1v) is 8.39. The van der Waals surface area contributed by atoms with Crippen LogP contribution in [0.25, 0.3) is 0 Å². The third-order valence-corrected chi connectivity index (χ3v) is 3.26. The summed E-state index contributed by atoms with van der Waals surface area (Å²) in [6.07, 6.45) is 22.9. The molecule has 0 heterocycles. The fourth-order valence-electron chi connectivity index (χ4n) is 2.08. The van der Waals surface area contributed by atoms with Crippen LogP contribution in [0.1, 0.15) is 91.9 Å². The lowest BCUT2D eigenvalue weighted by Gasteiger charge is -2.10. The van der Waals surface area contributed by atoms with Crippen LogP contribution in [-0.4, -0.2) is 0 Å². The lowest BCUT2D eigenvalue weighted by atomic mass is 9.96. The molecule has 0 aliphatic heterocycles. The van der Waals surface area contributed by atoms with Crippen LogP contribution in [0.5, 0.6) is 0 Å². The van der Waals surface area contributed by atoms with Gasteiger partial charge in [0, 0.05) is 0 Å². The first kappa shape index (κ1) is 18.5. The molecule has 0 aliphatic rings. The Balaban J connectivity index is 3.24. The molecule has 0 fully saturated rings. The Bertz CT molecular complexity index is 227. The van der Waals surface area contributed by atoms with E-state index >= 15 is 0 Å². The maximum absolute atomic E-state index is 2.37. The van der Waals surface area contributed by atoms with E-state index in [1.165, 1.54) is 64.2 Å². The van der Waals surface area contributed by atoms with E-state index in [0.29, 0.717) is 5.41 Å². The number of rotatable bonds is 11. The quantitative estimate of drug-likeness (QED) is 0.276. The Morgan fingerprint density at radius 2 is 1.16 bits per heavy atom.